The van der Waals surface area contributed by atoms with Gasteiger partial charge < -0.3 is 9.84 Å². The fourth-order valence-corrected chi connectivity index (χ4v) is 2.94. The van der Waals surface area contributed by atoms with Gasteiger partial charge >= 0.3 is 5.97 Å². The van der Waals surface area contributed by atoms with Gasteiger partial charge in [0.15, 0.2) is 0 Å². The summed E-state index contributed by atoms with van der Waals surface area (Å²) in [5, 5.41) is 9.19. The van der Waals surface area contributed by atoms with Gasteiger partial charge in [-0.25, -0.2) is 0 Å². The molecular formula is C17H22N2O5. The topological polar surface area (TPSA) is 105 Å². The standard InChI is InChI=1S/C17H22N2O5/c1-24-12-8-6-11(7-9-12)10-15(20)18-19-16(21)13-4-2-3-5-14(13)17(22)23/h6-9,13-14H,2-5,10H2,1H3,(H,18,20)(H,19,21)(H,22,23)/t13-,14-/m1/s1. The summed E-state index contributed by atoms with van der Waals surface area (Å²) in [6.45, 7) is 0. The van der Waals surface area contributed by atoms with Crippen molar-refractivity contribution >= 4 is 17.8 Å². The molecule has 1 aliphatic carbocycles. The minimum absolute atomic E-state index is 0.108. The van der Waals surface area contributed by atoms with Crippen LogP contribution in [0.2, 0.25) is 0 Å². The lowest BCUT2D eigenvalue weighted by Gasteiger charge is -2.27. The van der Waals surface area contributed by atoms with E-state index in [0.717, 1.165) is 18.4 Å². The molecule has 24 heavy (non-hydrogen) atoms. The van der Waals surface area contributed by atoms with Gasteiger partial charge in [-0.15, -0.1) is 0 Å². The Labute approximate surface area is 140 Å². The molecule has 1 saturated carbocycles. The average molecular weight is 334 g/mol. The van der Waals surface area contributed by atoms with Gasteiger partial charge in [-0.1, -0.05) is 25.0 Å². The molecule has 7 nitrogen and oxygen atoms in total. The Hall–Kier alpha value is -2.57. The van der Waals surface area contributed by atoms with E-state index in [1.807, 2.05) is 0 Å². The number of aliphatic carboxylic acids is 1. The number of hydrazine groups is 1. The molecule has 0 saturated heterocycles. The van der Waals surface area contributed by atoms with E-state index in [9.17, 15) is 19.5 Å². The van der Waals surface area contributed by atoms with E-state index >= 15 is 0 Å². The summed E-state index contributed by atoms with van der Waals surface area (Å²) in [5.74, 6) is -2.35. The van der Waals surface area contributed by atoms with Crippen molar-refractivity contribution in [1.82, 2.24) is 10.9 Å². The molecule has 1 fully saturated rings. The Morgan fingerprint density at radius 3 is 2.29 bits per heavy atom. The first-order chi connectivity index (χ1) is 11.5. The van der Waals surface area contributed by atoms with E-state index < -0.39 is 23.7 Å². The van der Waals surface area contributed by atoms with Crippen LogP contribution in [0, 0.1) is 11.8 Å². The van der Waals surface area contributed by atoms with Gasteiger partial charge in [0.25, 0.3) is 0 Å². The molecule has 7 heteroatoms. The predicted molar refractivity (Wildman–Crippen MR) is 86.1 cm³/mol. The molecule has 130 valence electrons. The molecule has 0 aliphatic heterocycles. The second-order valence-corrected chi connectivity index (χ2v) is 5.90. The van der Waals surface area contributed by atoms with Crippen LogP contribution in [0.15, 0.2) is 24.3 Å². The van der Waals surface area contributed by atoms with Crippen LogP contribution < -0.4 is 15.6 Å². The number of hydrogen-bond acceptors (Lipinski definition) is 4. The lowest BCUT2D eigenvalue weighted by Crippen LogP contribution is -2.48. The number of ether oxygens (including phenoxy) is 1. The zero-order valence-electron chi connectivity index (χ0n) is 13.6. The summed E-state index contributed by atoms with van der Waals surface area (Å²) in [6.07, 6.45) is 2.76. The summed E-state index contributed by atoms with van der Waals surface area (Å²) < 4.78 is 5.04. The third-order valence-electron chi connectivity index (χ3n) is 4.27. The fourth-order valence-electron chi connectivity index (χ4n) is 2.94. The van der Waals surface area contributed by atoms with E-state index in [1.54, 1.807) is 31.4 Å². The molecule has 0 spiro atoms. The van der Waals surface area contributed by atoms with E-state index in [4.69, 9.17) is 4.74 Å². The van der Waals surface area contributed by atoms with Crippen LogP contribution in [-0.2, 0) is 20.8 Å². The smallest absolute Gasteiger partial charge is 0.307 e. The molecule has 3 N–H and O–H groups in total. The Kier molecular flexibility index (Phi) is 6.17. The van der Waals surface area contributed by atoms with Crippen molar-refractivity contribution < 1.29 is 24.2 Å². The maximum atomic E-state index is 12.1. The highest BCUT2D eigenvalue weighted by molar-refractivity contribution is 5.87. The first-order valence-electron chi connectivity index (χ1n) is 7.95. The molecule has 2 amide bonds. The first-order valence-corrected chi connectivity index (χ1v) is 7.95. The molecular weight excluding hydrogens is 312 g/mol. The normalized spacial score (nSPS) is 20.0. The Balaban J connectivity index is 1.83. The number of hydrogen-bond donors (Lipinski definition) is 3. The number of carbonyl (C=O) groups excluding carboxylic acids is 2. The summed E-state index contributed by atoms with van der Waals surface area (Å²) in [7, 11) is 1.56. The minimum Gasteiger partial charge on any atom is -0.497 e. The maximum absolute atomic E-state index is 12.1. The van der Waals surface area contributed by atoms with Crippen LogP contribution in [0.25, 0.3) is 0 Å². The lowest BCUT2D eigenvalue weighted by molar-refractivity contribution is -0.149. The van der Waals surface area contributed by atoms with E-state index in [1.165, 1.54) is 0 Å². The molecule has 0 bridgehead atoms. The van der Waals surface area contributed by atoms with E-state index in [-0.39, 0.29) is 12.3 Å². The van der Waals surface area contributed by atoms with Crippen LogP contribution in [0.3, 0.4) is 0 Å². The third-order valence-corrected chi connectivity index (χ3v) is 4.27. The Bertz CT molecular complexity index is 600. The summed E-state index contributed by atoms with van der Waals surface area (Å²) in [5.41, 5.74) is 5.49. The van der Waals surface area contributed by atoms with Gasteiger partial charge in [0.1, 0.15) is 5.75 Å². The highest BCUT2D eigenvalue weighted by Gasteiger charge is 2.35. The average Bonchev–Trinajstić information content (AvgIpc) is 2.60. The predicted octanol–water partition coefficient (Wildman–Crippen LogP) is 1.28. The second-order valence-electron chi connectivity index (χ2n) is 5.90. The number of nitrogens with one attached hydrogen (secondary N) is 2. The van der Waals surface area contributed by atoms with Crippen LogP contribution in [0.4, 0.5) is 0 Å². The summed E-state index contributed by atoms with van der Waals surface area (Å²) in [4.78, 5) is 35.3. The van der Waals surface area contributed by atoms with Crippen molar-refractivity contribution in [2.24, 2.45) is 11.8 Å². The molecule has 1 aliphatic rings. The van der Waals surface area contributed by atoms with Gasteiger partial charge in [-0.05, 0) is 30.5 Å². The first kappa shape index (κ1) is 17.8. The quantitative estimate of drug-likeness (QED) is 0.704. The molecule has 0 aromatic heterocycles. The van der Waals surface area contributed by atoms with Crippen molar-refractivity contribution in [2.45, 2.75) is 32.1 Å². The van der Waals surface area contributed by atoms with Gasteiger partial charge in [-0.3, -0.25) is 25.2 Å². The summed E-state index contributed by atoms with van der Waals surface area (Å²) >= 11 is 0. The van der Waals surface area contributed by atoms with Gasteiger partial charge in [0.05, 0.1) is 25.4 Å². The third kappa shape index (κ3) is 4.71. The SMILES string of the molecule is COc1ccc(CC(=O)NNC(=O)[C@@H]2CCCC[C@H]2C(=O)O)cc1. The molecule has 2 rings (SSSR count). The summed E-state index contributed by atoms with van der Waals surface area (Å²) in [6, 6.07) is 7.03. The lowest BCUT2D eigenvalue weighted by atomic mass is 9.79. The zero-order valence-corrected chi connectivity index (χ0v) is 13.6. The number of amides is 2. The molecule has 1 aromatic rings. The van der Waals surface area contributed by atoms with Crippen LogP contribution >= 0.6 is 0 Å². The Morgan fingerprint density at radius 2 is 1.71 bits per heavy atom. The van der Waals surface area contributed by atoms with E-state index in [0.29, 0.717) is 18.6 Å². The number of methoxy groups -OCH3 is 1. The molecule has 2 atom stereocenters. The number of carboxylic acids is 1. The second kappa shape index (κ2) is 8.33. The molecule has 0 radical (unpaired) electrons. The number of benzene rings is 1. The highest BCUT2D eigenvalue weighted by Crippen LogP contribution is 2.30. The van der Waals surface area contributed by atoms with Crippen molar-refractivity contribution in [3.05, 3.63) is 29.8 Å². The zero-order chi connectivity index (χ0) is 17.5. The van der Waals surface area contributed by atoms with Gasteiger partial charge in [0, 0.05) is 0 Å². The molecule has 1 aromatic carbocycles. The van der Waals surface area contributed by atoms with Gasteiger partial charge in [-0.2, -0.15) is 0 Å². The largest absolute Gasteiger partial charge is 0.497 e. The van der Waals surface area contributed by atoms with Crippen LogP contribution in [0.1, 0.15) is 31.2 Å². The number of rotatable bonds is 5. The minimum atomic E-state index is -0.959. The molecule has 0 unspecified atom stereocenters. The van der Waals surface area contributed by atoms with E-state index in [2.05, 4.69) is 10.9 Å². The van der Waals surface area contributed by atoms with Crippen molar-refractivity contribution in [3.63, 3.8) is 0 Å². The van der Waals surface area contributed by atoms with Gasteiger partial charge in [0.2, 0.25) is 11.8 Å². The maximum Gasteiger partial charge on any atom is 0.307 e. The van der Waals surface area contributed by atoms with Crippen molar-refractivity contribution in [3.8, 4) is 5.75 Å². The Morgan fingerprint density at radius 1 is 1.08 bits per heavy atom. The van der Waals surface area contributed by atoms with Crippen LogP contribution in [0.5, 0.6) is 5.75 Å². The molecule has 0 heterocycles. The fraction of sp³-hybridized carbons (Fsp3) is 0.471. The van der Waals surface area contributed by atoms with Crippen molar-refractivity contribution in [2.75, 3.05) is 7.11 Å². The monoisotopic (exact) mass is 334 g/mol. The van der Waals surface area contributed by atoms with Crippen LogP contribution in [-0.4, -0.2) is 30.0 Å². The number of carboxylic acid groups (broad SMARTS) is 1. The highest BCUT2D eigenvalue weighted by atomic mass is 16.5. The van der Waals surface area contributed by atoms with Crippen molar-refractivity contribution in [1.29, 1.82) is 0 Å². The number of carbonyl (C=O) groups is 3.